The third kappa shape index (κ3) is 2.59. The Morgan fingerprint density at radius 2 is 2.12 bits per heavy atom. The minimum Gasteiger partial charge on any atom is -0.181 e. The van der Waals surface area contributed by atoms with Gasteiger partial charge in [0.2, 0.25) is 6.54 Å². The highest BCUT2D eigenvalue weighted by Gasteiger charge is 2.15. The summed E-state index contributed by atoms with van der Waals surface area (Å²) in [6.45, 7) is 1.79. The summed E-state index contributed by atoms with van der Waals surface area (Å²) in [6.07, 6.45) is 4.80. The van der Waals surface area contributed by atoms with E-state index in [-0.39, 0.29) is 13.1 Å². The van der Waals surface area contributed by atoms with Crippen LogP contribution in [0.2, 0.25) is 0 Å². The number of hydrogen-bond donors (Lipinski definition) is 2. The van der Waals surface area contributed by atoms with Crippen LogP contribution in [-0.2, 0) is 0 Å². The molecule has 0 bridgehead atoms. The number of quaternary nitrogens is 1. The van der Waals surface area contributed by atoms with Crippen molar-refractivity contribution in [3.63, 3.8) is 0 Å². The zero-order valence-corrected chi connectivity index (χ0v) is 4.83. The normalized spacial score (nSPS) is 10.8. The molecule has 0 heterocycles. The predicted molar refractivity (Wildman–Crippen MR) is 28.1 cm³/mol. The molecule has 0 spiro atoms. The van der Waals surface area contributed by atoms with Crippen molar-refractivity contribution >= 4 is 0 Å². The Balaban J connectivity index is 3.58. The molecule has 2 N–H and O–H groups in total. The summed E-state index contributed by atoms with van der Waals surface area (Å²) in [5.74, 6) is 2.13. The highest BCUT2D eigenvalue weighted by molar-refractivity contribution is 4.81. The van der Waals surface area contributed by atoms with E-state index in [1.807, 2.05) is 0 Å². The van der Waals surface area contributed by atoms with Crippen molar-refractivity contribution in [2.24, 2.45) is 0 Å². The van der Waals surface area contributed by atoms with E-state index >= 15 is 0 Å². The van der Waals surface area contributed by atoms with Gasteiger partial charge in [-0.05, 0) is 17.7 Å². The Morgan fingerprint density at radius 1 is 1.62 bits per heavy atom. The highest BCUT2D eigenvalue weighted by Crippen LogP contribution is 1.90. The zero-order chi connectivity index (χ0) is 6.62. The first-order valence-corrected chi connectivity index (χ1v) is 2.38. The number of hydroxylamine groups is 4. The smallest absolute Gasteiger partial charge is 0.181 e. The van der Waals surface area contributed by atoms with Crippen LogP contribution in [0.15, 0.2) is 0 Å². The quantitative estimate of drug-likeness (QED) is 0.308. The first kappa shape index (κ1) is 7.44. The van der Waals surface area contributed by atoms with E-state index in [2.05, 4.69) is 5.92 Å². The van der Waals surface area contributed by atoms with Crippen LogP contribution in [0.1, 0.15) is 6.92 Å². The van der Waals surface area contributed by atoms with Crippen molar-refractivity contribution in [1.82, 2.24) is 0 Å². The second-order valence-corrected chi connectivity index (χ2v) is 1.56. The van der Waals surface area contributed by atoms with Crippen LogP contribution in [0.5, 0.6) is 0 Å². The van der Waals surface area contributed by atoms with Gasteiger partial charge in [-0.3, -0.25) is 0 Å². The van der Waals surface area contributed by atoms with Crippen LogP contribution in [0.3, 0.4) is 0 Å². The molecule has 0 saturated heterocycles. The topological polar surface area (TPSA) is 40.5 Å². The SMILES string of the molecule is C#CC[N+](O)(O)CC. The van der Waals surface area contributed by atoms with Gasteiger partial charge < -0.3 is 0 Å². The van der Waals surface area contributed by atoms with Crippen LogP contribution in [0.4, 0.5) is 0 Å². The summed E-state index contributed by atoms with van der Waals surface area (Å²) in [7, 11) is 0. The summed E-state index contributed by atoms with van der Waals surface area (Å²) in [6, 6.07) is 0. The molecule has 0 fully saturated rings. The molecule has 0 aromatic carbocycles. The van der Waals surface area contributed by atoms with Gasteiger partial charge in [-0.15, -0.1) is 6.42 Å². The lowest BCUT2D eigenvalue weighted by atomic mass is 10.6. The van der Waals surface area contributed by atoms with Crippen molar-refractivity contribution in [2.75, 3.05) is 13.1 Å². The van der Waals surface area contributed by atoms with E-state index in [0.717, 1.165) is 0 Å². The summed E-state index contributed by atoms with van der Waals surface area (Å²) in [5, 5.41) is 17.3. The van der Waals surface area contributed by atoms with E-state index < -0.39 is 4.81 Å². The molecule has 0 aromatic heterocycles. The first-order valence-electron chi connectivity index (χ1n) is 2.38. The van der Waals surface area contributed by atoms with Gasteiger partial charge in [0, 0.05) is 0 Å². The van der Waals surface area contributed by atoms with Gasteiger partial charge in [0.25, 0.3) is 0 Å². The molecular formula is C5H10NO2+. The molecular weight excluding hydrogens is 106 g/mol. The molecule has 0 aromatic rings. The largest absolute Gasteiger partial charge is 0.202 e. The van der Waals surface area contributed by atoms with Crippen LogP contribution in [-0.4, -0.2) is 28.3 Å². The van der Waals surface area contributed by atoms with Crippen LogP contribution in [0.25, 0.3) is 0 Å². The van der Waals surface area contributed by atoms with E-state index in [1.165, 1.54) is 0 Å². The lowest BCUT2D eigenvalue weighted by molar-refractivity contribution is -1.24. The van der Waals surface area contributed by atoms with Crippen LogP contribution in [0, 0.1) is 12.3 Å². The third-order valence-corrected chi connectivity index (χ3v) is 0.851. The molecule has 0 saturated carbocycles. The van der Waals surface area contributed by atoms with E-state index in [4.69, 9.17) is 16.8 Å². The average molecular weight is 116 g/mol. The fraction of sp³-hybridized carbons (Fsp3) is 0.600. The van der Waals surface area contributed by atoms with Crippen molar-refractivity contribution < 1.29 is 15.2 Å². The average Bonchev–Trinajstić information content (AvgIpc) is 1.67. The fourth-order valence-corrected chi connectivity index (χ4v) is 0.258. The number of rotatable bonds is 2. The Kier molecular flexibility index (Phi) is 2.49. The van der Waals surface area contributed by atoms with Crippen molar-refractivity contribution in [2.45, 2.75) is 6.92 Å². The maximum absolute atomic E-state index is 8.67. The van der Waals surface area contributed by atoms with Gasteiger partial charge in [0.15, 0.2) is 0 Å². The van der Waals surface area contributed by atoms with Gasteiger partial charge in [-0.25, -0.2) is 0 Å². The monoisotopic (exact) mass is 116 g/mol. The molecule has 3 heteroatoms. The van der Waals surface area contributed by atoms with E-state index in [9.17, 15) is 0 Å². The Morgan fingerprint density at radius 3 is 2.25 bits per heavy atom. The second-order valence-electron chi connectivity index (χ2n) is 1.56. The fourth-order valence-electron chi connectivity index (χ4n) is 0.258. The molecule has 0 atom stereocenters. The van der Waals surface area contributed by atoms with Gasteiger partial charge in [-0.1, -0.05) is 0 Å². The van der Waals surface area contributed by atoms with Crippen LogP contribution >= 0.6 is 0 Å². The molecule has 0 amide bonds. The molecule has 46 valence electrons. The lowest BCUT2D eigenvalue weighted by Crippen LogP contribution is -2.40. The van der Waals surface area contributed by atoms with Crippen molar-refractivity contribution in [3.05, 3.63) is 0 Å². The van der Waals surface area contributed by atoms with Gasteiger partial charge in [0.05, 0.1) is 0 Å². The molecule has 0 rings (SSSR count). The van der Waals surface area contributed by atoms with E-state index in [0.29, 0.717) is 0 Å². The molecule has 8 heavy (non-hydrogen) atoms. The zero-order valence-electron chi connectivity index (χ0n) is 4.83. The second kappa shape index (κ2) is 2.68. The Hall–Kier alpha value is -0.560. The maximum atomic E-state index is 8.67. The molecule has 0 aliphatic carbocycles. The molecule has 0 aliphatic rings. The minimum atomic E-state index is -1.07. The predicted octanol–water partition coefficient (Wildman–Crippen LogP) is 0.235. The number of terminal acetylenes is 1. The lowest BCUT2D eigenvalue weighted by Gasteiger charge is -2.15. The third-order valence-electron chi connectivity index (χ3n) is 0.851. The standard InChI is InChI=1S/C5H10NO2/c1-3-5-6(7,8)4-2/h1,7-8H,4-5H2,2H3/q+1. The summed E-state index contributed by atoms with van der Waals surface area (Å²) >= 11 is 0. The maximum Gasteiger partial charge on any atom is 0.202 e. The molecule has 0 radical (unpaired) electrons. The molecule has 0 unspecified atom stereocenters. The first-order chi connectivity index (χ1) is 3.62. The Bertz CT molecular complexity index is 103. The highest BCUT2D eigenvalue weighted by atomic mass is 16.8. The minimum absolute atomic E-state index is 0.0590. The van der Waals surface area contributed by atoms with Crippen LogP contribution < -0.4 is 0 Å². The summed E-state index contributed by atoms with van der Waals surface area (Å²) < 4.78 is 0. The van der Waals surface area contributed by atoms with Gasteiger partial charge >= 0.3 is 0 Å². The number of nitrogens with zero attached hydrogens (tertiary/aromatic N) is 1. The molecule has 0 aliphatic heterocycles. The van der Waals surface area contributed by atoms with Gasteiger partial charge in [-0.2, -0.15) is 10.4 Å². The number of hydrogen-bond acceptors (Lipinski definition) is 2. The van der Waals surface area contributed by atoms with Crippen molar-refractivity contribution in [3.8, 4) is 12.3 Å². The molecule has 3 nitrogen and oxygen atoms in total. The van der Waals surface area contributed by atoms with Crippen molar-refractivity contribution in [1.29, 1.82) is 0 Å². The summed E-state index contributed by atoms with van der Waals surface area (Å²) in [4.78, 5) is -1.07. The van der Waals surface area contributed by atoms with Gasteiger partial charge in [0.1, 0.15) is 6.54 Å². The summed E-state index contributed by atoms with van der Waals surface area (Å²) in [5.41, 5.74) is 0. The Labute approximate surface area is 48.7 Å². The van der Waals surface area contributed by atoms with E-state index in [1.54, 1.807) is 6.92 Å².